The zero-order valence-corrected chi connectivity index (χ0v) is 19.1. The lowest BCUT2D eigenvalue weighted by Gasteiger charge is -2.40. The number of fused-ring (bicyclic) bond motifs is 2. The van der Waals surface area contributed by atoms with Crippen LogP contribution in [0.2, 0.25) is 0 Å². The normalized spacial score (nSPS) is 24.4. The van der Waals surface area contributed by atoms with Gasteiger partial charge in [-0.25, -0.2) is 26.4 Å². The van der Waals surface area contributed by atoms with E-state index in [1.54, 1.807) is 11.2 Å². The minimum absolute atomic E-state index is 0.0146. The molecule has 2 fully saturated rings. The quantitative estimate of drug-likeness (QED) is 0.581. The molecule has 1 amide bonds. The van der Waals surface area contributed by atoms with Gasteiger partial charge in [-0.2, -0.15) is 4.31 Å². The van der Waals surface area contributed by atoms with Gasteiger partial charge in [0, 0.05) is 37.8 Å². The largest absolute Gasteiger partial charge is 0.450 e. The Bertz CT molecular complexity index is 932. The van der Waals surface area contributed by atoms with Gasteiger partial charge >= 0.3 is 6.09 Å². The van der Waals surface area contributed by atoms with Gasteiger partial charge in [0.2, 0.25) is 10.0 Å². The van der Waals surface area contributed by atoms with Crippen molar-refractivity contribution in [1.82, 2.24) is 9.21 Å². The highest BCUT2D eigenvalue weighted by Crippen LogP contribution is 2.42. The van der Waals surface area contributed by atoms with Crippen LogP contribution >= 0.6 is 0 Å². The molecular weight excluding hydrogens is 447 g/mol. The Kier molecular flexibility index (Phi) is 7.72. The Morgan fingerprint density at radius 2 is 1.78 bits per heavy atom. The second-order valence-electron chi connectivity index (χ2n) is 8.61. The van der Waals surface area contributed by atoms with Gasteiger partial charge in [0.05, 0.1) is 12.4 Å². The van der Waals surface area contributed by atoms with E-state index in [9.17, 15) is 26.4 Å². The Labute approximate surface area is 186 Å². The summed E-state index contributed by atoms with van der Waals surface area (Å²) < 4.78 is 73.1. The molecule has 0 spiro atoms. The fraction of sp³-hybridized carbons (Fsp3) is 0.667. The standard InChI is InChI=1S/C21H30F3N3O4S/c1-3-31-21(28)26(2)6-7-32(29,30)27-15-4-5-16(27)9-14(8-15)20(25)11-13-10-18(23)19(24)12-17(13)22/h10,12,14-16,20H,3-9,11,25H2,1-2H3/t14?,15?,16?,20-/m1/s1. The summed E-state index contributed by atoms with van der Waals surface area (Å²) in [4.78, 5) is 13.0. The molecule has 2 N–H and O–H groups in total. The first-order valence-electron chi connectivity index (χ1n) is 10.8. The molecule has 0 radical (unpaired) electrons. The second-order valence-corrected chi connectivity index (χ2v) is 10.6. The van der Waals surface area contributed by atoms with Gasteiger partial charge in [-0.05, 0) is 56.6 Å². The van der Waals surface area contributed by atoms with Crippen LogP contribution in [0.25, 0.3) is 0 Å². The van der Waals surface area contributed by atoms with Crippen LogP contribution < -0.4 is 5.73 Å². The average Bonchev–Trinajstić information content (AvgIpc) is 3.01. The molecule has 7 nitrogen and oxygen atoms in total. The first-order valence-corrected chi connectivity index (χ1v) is 12.4. The number of hydrogen-bond acceptors (Lipinski definition) is 5. The fourth-order valence-corrected chi connectivity index (χ4v) is 6.81. The third kappa shape index (κ3) is 5.37. The van der Waals surface area contributed by atoms with E-state index in [4.69, 9.17) is 10.5 Å². The maximum absolute atomic E-state index is 14.0. The van der Waals surface area contributed by atoms with Gasteiger partial charge in [-0.15, -0.1) is 0 Å². The van der Waals surface area contributed by atoms with E-state index in [1.165, 1.54) is 11.9 Å². The van der Waals surface area contributed by atoms with Gasteiger partial charge in [0.25, 0.3) is 0 Å². The minimum atomic E-state index is -3.60. The maximum atomic E-state index is 14.0. The van der Waals surface area contributed by atoms with Crippen LogP contribution in [0.15, 0.2) is 12.1 Å². The minimum Gasteiger partial charge on any atom is -0.450 e. The number of carbonyl (C=O) groups is 1. The molecule has 0 aromatic heterocycles. The molecule has 0 aliphatic carbocycles. The number of amides is 1. The Morgan fingerprint density at radius 1 is 1.19 bits per heavy atom. The third-order valence-corrected chi connectivity index (χ3v) is 8.38. The lowest BCUT2D eigenvalue weighted by Crippen LogP contribution is -2.51. The van der Waals surface area contributed by atoms with Crippen molar-refractivity contribution in [3.8, 4) is 0 Å². The van der Waals surface area contributed by atoms with Crippen LogP contribution in [0.5, 0.6) is 0 Å². The van der Waals surface area contributed by atoms with E-state index < -0.39 is 39.6 Å². The number of nitrogens with two attached hydrogens (primary N) is 1. The topological polar surface area (TPSA) is 92.9 Å². The lowest BCUT2D eigenvalue weighted by molar-refractivity contribution is 0.118. The second kappa shape index (κ2) is 9.96. The van der Waals surface area contributed by atoms with Crippen molar-refractivity contribution >= 4 is 16.1 Å². The van der Waals surface area contributed by atoms with E-state index in [0.717, 1.165) is 6.07 Å². The molecule has 180 valence electrons. The highest BCUT2D eigenvalue weighted by molar-refractivity contribution is 7.89. The van der Waals surface area contributed by atoms with Crippen LogP contribution in [0.3, 0.4) is 0 Å². The van der Waals surface area contributed by atoms with E-state index >= 15 is 0 Å². The van der Waals surface area contributed by atoms with Crippen LogP contribution in [0, 0.1) is 23.4 Å². The summed E-state index contributed by atoms with van der Waals surface area (Å²) in [7, 11) is -2.11. The first kappa shape index (κ1) is 24.8. The van der Waals surface area contributed by atoms with Gasteiger partial charge in [0.1, 0.15) is 5.82 Å². The van der Waals surface area contributed by atoms with Gasteiger partial charge < -0.3 is 15.4 Å². The Morgan fingerprint density at radius 3 is 2.38 bits per heavy atom. The Hall–Kier alpha value is -1.85. The highest BCUT2D eigenvalue weighted by atomic mass is 32.2. The molecule has 2 aliphatic heterocycles. The summed E-state index contributed by atoms with van der Waals surface area (Å²) in [5, 5.41) is 0. The predicted molar refractivity (Wildman–Crippen MR) is 113 cm³/mol. The van der Waals surface area contributed by atoms with Crippen LogP contribution in [0.1, 0.15) is 38.2 Å². The summed E-state index contributed by atoms with van der Waals surface area (Å²) in [5.74, 6) is -3.47. The molecule has 11 heteroatoms. The fourth-order valence-electron chi connectivity index (χ4n) is 4.80. The summed E-state index contributed by atoms with van der Waals surface area (Å²) in [6, 6.07) is 0.426. The number of ether oxygens (including phenoxy) is 1. The predicted octanol–water partition coefficient (Wildman–Crippen LogP) is 2.63. The molecule has 2 aliphatic rings. The summed E-state index contributed by atoms with van der Waals surface area (Å²) >= 11 is 0. The van der Waals surface area contributed by atoms with Crippen LogP contribution in [0.4, 0.5) is 18.0 Å². The molecular formula is C21H30F3N3O4S. The maximum Gasteiger partial charge on any atom is 0.409 e. The number of nitrogens with zero attached hydrogens (tertiary/aromatic N) is 2. The van der Waals surface area contributed by atoms with Gasteiger partial charge in [0.15, 0.2) is 11.6 Å². The molecule has 3 rings (SSSR count). The SMILES string of the molecule is CCOC(=O)N(C)CCS(=O)(=O)N1C2CCC1CC([C@H](N)Cc1cc(F)c(F)cc1F)C2. The van der Waals surface area contributed by atoms with Crippen molar-refractivity contribution in [2.24, 2.45) is 11.7 Å². The smallest absolute Gasteiger partial charge is 0.409 e. The number of piperidine rings is 1. The highest BCUT2D eigenvalue weighted by Gasteiger charge is 2.47. The van der Waals surface area contributed by atoms with Crippen molar-refractivity contribution in [2.75, 3.05) is 26.0 Å². The molecule has 32 heavy (non-hydrogen) atoms. The molecule has 1 aromatic carbocycles. The van der Waals surface area contributed by atoms with E-state index in [0.29, 0.717) is 31.7 Å². The molecule has 1 aromatic rings. The summed E-state index contributed by atoms with van der Waals surface area (Å²) in [6.45, 7) is 1.91. The number of rotatable bonds is 8. The van der Waals surface area contributed by atoms with E-state index in [2.05, 4.69) is 0 Å². The Balaban J connectivity index is 1.62. The summed E-state index contributed by atoms with van der Waals surface area (Å²) in [6.07, 6.45) is 1.94. The third-order valence-electron chi connectivity index (χ3n) is 6.44. The van der Waals surface area contributed by atoms with Crippen molar-refractivity contribution in [3.05, 3.63) is 35.1 Å². The zero-order valence-electron chi connectivity index (χ0n) is 18.3. The average molecular weight is 478 g/mol. The lowest BCUT2D eigenvalue weighted by atomic mass is 9.83. The monoisotopic (exact) mass is 477 g/mol. The number of benzene rings is 1. The van der Waals surface area contributed by atoms with E-state index in [1.807, 2.05) is 0 Å². The van der Waals surface area contributed by atoms with Gasteiger partial charge in [-0.1, -0.05) is 0 Å². The molecule has 2 unspecified atom stereocenters. The van der Waals surface area contributed by atoms with Crippen molar-refractivity contribution in [1.29, 1.82) is 0 Å². The molecule has 3 atom stereocenters. The molecule has 2 heterocycles. The zero-order chi connectivity index (χ0) is 23.6. The molecule has 0 saturated carbocycles. The number of sulfonamides is 1. The van der Waals surface area contributed by atoms with Crippen molar-refractivity contribution in [3.63, 3.8) is 0 Å². The number of halogens is 3. The van der Waals surface area contributed by atoms with Crippen molar-refractivity contribution < 1.29 is 31.1 Å². The first-order chi connectivity index (χ1) is 15.0. The number of carbonyl (C=O) groups excluding carboxylic acids is 1. The molecule has 2 saturated heterocycles. The van der Waals surface area contributed by atoms with Crippen LogP contribution in [-0.4, -0.2) is 67.8 Å². The van der Waals surface area contributed by atoms with E-state index in [-0.39, 0.29) is 48.9 Å². The number of hydrogen-bond donors (Lipinski definition) is 1. The van der Waals surface area contributed by atoms with Crippen LogP contribution in [-0.2, 0) is 21.2 Å². The summed E-state index contributed by atoms with van der Waals surface area (Å²) in [5.41, 5.74) is 6.31. The van der Waals surface area contributed by atoms with Gasteiger partial charge in [-0.3, -0.25) is 0 Å². The van der Waals surface area contributed by atoms with Crippen molar-refractivity contribution in [2.45, 2.75) is 57.2 Å². The molecule has 2 bridgehead atoms.